The third-order valence-electron chi connectivity index (χ3n) is 3.16. The lowest BCUT2D eigenvalue weighted by Crippen LogP contribution is -2.39. The topological polar surface area (TPSA) is 63.2 Å². The molecule has 5 nitrogen and oxygen atoms in total. The second-order valence-corrected chi connectivity index (χ2v) is 6.67. The number of ether oxygens (including phenoxy) is 1. The number of hydrogen-bond acceptors (Lipinski definition) is 5. The van der Waals surface area contributed by atoms with E-state index in [0.29, 0.717) is 5.56 Å². The van der Waals surface area contributed by atoms with Gasteiger partial charge in [0.05, 0.1) is 18.0 Å². The number of carbonyl (C=O) groups is 1. The highest BCUT2D eigenvalue weighted by Crippen LogP contribution is 2.37. The maximum absolute atomic E-state index is 13.3. The third-order valence-corrected chi connectivity index (χ3v) is 4.52. The van der Waals surface area contributed by atoms with E-state index in [0.717, 1.165) is 16.9 Å². The van der Waals surface area contributed by atoms with Crippen LogP contribution in [-0.4, -0.2) is 22.8 Å². The van der Waals surface area contributed by atoms with Crippen LogP contribution in [0.5, 0.6) is 0 Å². The molecule has 0 aliphatic rings. The Balaban J connectivity index is 2.17. The first-order valence-corrected chi connectivity index (χ1v) is 8.78. The van der Waals surface area contributed by atoms with Crippen LogP contribution in [-0.2, 0) is 17.5 Å². The maximum atomic E-state index is 13.3. The van der Waals surface area contributed by atoms with Gasteiger partial charge in [-0.1, -0.05) is 29.8 Å². The van der Waals surface area contributed by atoms with E-state index in [9.17, 15) is 18.0 Å². The predicted molar refractivity (Wildman–Crippen MR) is 96.9 cm³/mol. The van der Waals surface area contributed by atoms with Gasteiger partial charge in [0, 0.05) is 5.56 Å². The van der Waals surface area contributed by atoms with Crippen molar-refractivity contribution in [3.8, 4) is 10.6 Å². The summed E-state index contributed by atoms with van der Waals surface area (Å²) in [6.07, 6.45) is -5.36. The Hall–Kier alpha value is -2.20. The number of benzene rings is 1. The van der Waals surface area contributed by atoms with Gasteiger partial charge in [0.25, 0.3) is 0 Å². The lowest BCUT2D eigenvalue weighted by Gasteiger charge is -2.10. The number of thiazole rings is 1. The molecule has 1 aromatic carbocycles. The predicted octanol–water partition coefficient (Wildman–Crippen LogP) is 4.26. The first-order chi connectivity index (χ1) is 12.2. The number of nitrogens with one attached hydrogen (secondary N) is 2. The van der Waals surface area contributed by atoms with Gasteiger partial charge in [-0.2, -0.15) is 13.2 Å². The van der Waals surface area contributed by atoms with E-state index in [1.807, 2.05) is 6.92 Å². The lowest BCUT2D eigenvalue weighted by atomic mass is 10.2. The van der Waals surface area contributed by atoms with Gasteiger partial charge in [-0.15, -0.1) is 11.3 Å². The number of hydrogen-bond donors (Lipinski definition) is 2. The molecular weight excluding hydrogens is 387 g/mol. The van der Waals surface area contributed by atoms with Gasteiger partial charge in [-0.3, -0.25) is 5.32 Å². The number of alkyl halides is 3. The van der Waals surface area contributed by atoms with E-state index in [-0.39, 0.29) is 28.1 Å². The average molecular weight is 403 g/mol. The van der Waals surface area contributed by atoms with Crippen LogP contribution in [0.2, 0.25) is 0 Å². The summed E-state index contributed by atoms with van der Waals surface area (Å²) in [4.78, 5) is 15.0. The first kappa shape index (κ1) is 20.1. The minimum atomic E-state index is -4.59. The molecule has 0 unspecified atom stereocenters. The molecule has 0 radical (unpaired) electrons. The van der Waals surface area contributed by atoms with Gasteiger partial charge in [-0.25, -0.2) is 9.78 Å². The Kier molecular flexibility index (Phi) is 6.54. The van der Waals surface area contributed by atoms with Crippen molar-refractivity contribution in [2.24, 2.45) is 0 Å². The Morgan fingerprint density at radius 3 is 2.54 bits per heavy atom. The van der Waals surface area contributed by atoms with E-state index in [1.54, 1.807) is 31.2 Å². The molecule has 2 rings (SSSR count). The molecule has 1 aromatic heterocycles. The highest BCUT2D eigenvalue weighted by Gasteiger charge is 2.37. The zero-order valence-corrected chi connectivity index (χ0v) is 15.6. The highest BCUT2D eigenvalue weighted by molar-refractivity contribution is 7.80. The van der Waals surface area contributed by atoms with Gasteiger partial charge in [0.1, 0.15) is 5.01 Å². The molecular formula is C16H16F3N3O2S2. The van der Waals surface area contributed by atoms with Crippen molar-refractivity contribution in [3.05, 3.63) is 40.4 Å². The van der Waals surface area contributed by atoms with Gasteiger partial charge < -0.3 is 10.1 Å². The second kappa shape index (κ2) is 8.45. The first-order valence-electron chi connectivity index (χ1n) is 7.56. The summed E-state index contributed by atoms with van der Waals surface area (Å²) in [6.45, 7) is 3.44. The van der Waals surface area contributed by atoms with Crippen molar-refractivity contribution >= 4 is 34.8 Å². The molecule has 1 heterocycles. The Morgan fingerprint density at radius 1 is 1.31 bits per heavy atom. The van der Waals surface area contributed by atoms with Crippen LogP contribution in [0.15, 0.2) is 24.3 Å². The number of rotatable bonds is 4. The Morgan fingerprint density at radius 2 is 1.96 bits per heavy atom. The van der Waals surface area contributed by atoms with Crippen LogP contribution < -0.4 is 10.6 Å². The fourth-order valence-electron chi connectivity index (χ4n) is 1.98. The number of aryl methyl sites for hydroxylation is 1. The quantitative estimate of drug-likeness (QED) is 0.747. The zero-order chi connectivity index (χ0) is 19.3. The molecule has 140 valence electrons. The fourth-order valence-corrected chi connectivity index (χ4v) is 3.16. The molecule has 0 aliphatic heterocycles. The van der Waals surface area contributed by atoms with Crippen molar-refractivity contribution in [1.29, 1.82) is 0 Å². The van der Waals surface area contributed by atoms with Crippen molar-refractivity contribution in [1.82, 2.24) is 15.6 Å². The smallest absolute Gasteiger partial charge is 0.434 e. The number of halogens is 3. The average Bonchev–Trinajstić information content (AvgIpc) is 2.98. The summed E-state index contributed by atoms with van der Waals surface area (Å²) in [5, 5.41) is 4.92. The van der Waals surface area contributed by atoms with Crippen molar-refractivity contribution in [2.45, 2.75) is 26.6 Å². The van der Waals surface area contributed by atoms with Gasteiger partial charge in [-0.05, 0) is 26.1 Å². The minimum Gasteiger partial charge on any atom is -0.450 e. The van der Waals surface area contributed by atoms with Crippen LogP contribution in [0, 0.1) is 6.92 Å². The van der Waals surface area contributed by atoms with Crippen molar-refractivity contribution < 1.29 is 22.7 Å². The standard InChI is InChI=1S/C16H16F3N3O2S2/c1-3-24-15(23)22-14(25)20-8-11-12(16(17,18)19)21-13(26-11)10-6-4-9(2)5-7-10/h4-7H,3,8H2,1-2H3,(H2,20,22,23,25). The molecule has 0 spiro atoms. The summed E-state index contributed by atoms with van der Waals surface area (Å²) < 4.78 is 44.5. The number of aromatic nitrogens is 1. The lowest BCUT2D eigenvalue weighted by molar-refractivity contribution is -0.141. The number of alkyl carbamates (subject to hydrolysis) is 1. The molecule has 0 saturated carbocycles. The van der Waals surface area contributed by atoms with Crippen LogP contribution in [0.1, 0.15) is 23.1 Å². The molecule has 2 N–H and O–H groups in total. The molecule has 0 saturated heterocycles. The van der Waals surface area contributed by atoms with E-state index < -0.39 is 18.0 Å². The SMILES string of the molecule is CCOC(=O)NC(=S)NCc1sc(-c2ccc(C)cc2)nc1C(F)(F)F. The number of amides is 1. The number of carbonyl (C=O) groups excluding carboxylic acids is 1. The van der Waals surface area contributed by atoms with Crippen LogP contribution >= 0.6 is 23.6 Å². The van der Waals surface area contributed by atoms with E-state index in [1.165, 1.54) is 0 Å². The summed E-state index contributed by atoms with van der Waals surface area (Å²) in [5.74, 6) is 0. The fraction of sp³-hybridized carbons (Fsp3) is 0.312. The largest absolute Gasteiger partial charge is 0.450 e. The normalized spacial score (nSPS) is 11.1. The molecule has 1 amide bonds. The van der Waals surface area contributed by atoms with E-state index in [4.69, 9.17) is 12.2 Å². The monoisotopic (exact) mass is 403 g/mol. The molecule has 0 atom stereocenters. The Bertz CT molecular complexity index is 789. The van der Waals surface area contributed by atoms with Gasteiger partial charge in [0.2, 0.25) is 0 Å². The summed E-state index contributed by atoms with van der Waals surface area (Å²) >= 11 is 5.79. The van der Waals surface area contributed by atoms with Crippen LogP contribution in [0.3, 0.4) is 0 Å². The van der Waals surface area contributed by atoms with E-state index in [2.05, 4.69) is 20.4 Å². The van der Waals surface area contributed by atoms with Gasteiger partial charge >= 0.3 is 12.3 Å². The van der Waals surface area contributed by atoms with Crippen LogP contribution in [0.25, 0.3) is 10.6 Å². The number of nitrogens with zero attached hydrogens (tertiary/aromatic N) is 1. The second-order valence-electron chi connectivity index (χ2n) is 5.18. The molecule has 10 heteroatoms. The third kappa shape index (κ3) is 5.40. The molecule has 2 aromatic rings. The van der Waals surface area contributed by atoms with Crippen molar-refractivity contribution in [2.75, 3.05) is 6.61 Å². The maximum Gasteiger partial charge on any atom is 0.434 e. The molecule has 0 bridgehead atoms. The van der Waals surface area contributed by atoms with Crippen LogP contribution in [0.4, 0.5) is 18.0 Å². The zero-order valence-electron chi connectivity index (χ0n) is 13.9. The van der Waals surface area contributed by atoms with Gasteiger partial charge in [0.15, 0.2) is 10.8 Å². The molecule has 0 aliphatic carbocycles. The van der Waals surface area contributed by atoms with Crippen molar-refractivity contribution in [3.63, 3.8) is 0 Å². The Labute approximate surface area is 157 Å². The molecule has 0 fully saturated rings. The summed E-state index contributed by atoms with van der Waals surface area (Å²) in [7, 11) is 0. The highest BCUT2D eigenvalue weighted by atomic mass is 32.1. The molecule has 26 heavy (non-hydrogen) atoms. The summed E-state index contributed by atoms with van der Waals surface area (Å²) in [6, 6.07) is 7.05. The minimum absolute atomic E-state index is 0.0268. The number of thiocarbonyl (C=S) groups is 1. The van der Waals surface area contributed by atoms with E-state index >= 15 is 0 Å². The summed E-state index contributed by atoms with van der Waals surface area (Å²) in [5.41, 5.74) is 0.632.